The summed E-state index contributed by atoms with van der Waals surface area (Å²) >= 11 is 0. The van der Waals surface area contributed by atoms with Crippen molar-refractivity contribution in [1.82, 2.24) is 14.5 Å². The molecule has 0 N–H and O–H groups in total. The molecule has 3 heterocycles. The lowest BCUT2D eigenvalue weighted by Gasteiger charge is -2.38. The third-order valence-corrected chi connectivity index (χ3v) is 5.17. The summed E-state index contributed by atoms with van der Waals surface area (Å²) in [6, 6.07) is 4.90. The minimum Gasteiger partial charge on any atom is -0.444 e. The second-order valence-corrected chi connectivity index (χ2v) is 8.64. The van der Waals surface area contributed by atoms with Crippen molar-refractivity contribution in [3.8, 4) is 5.69 Å². The van der Waals surface area contributed by atoms with Crippen molar-refractivity contribution in [1.29, 1.82) is 0 Å². The molecule has 4 rings (SSSR count). The van der Waals surface area contributed by atoms with Gasteiger partial charge in [0.25, 0.3) is 5.69 Å². The predicted octanol–water partition coefficient (Wildman–Crippen LogP) is 4.12. The number of hydrogen-bond donors (Lipinski definition) is 0. The van der Waals surface area contributed by atoms with Gasteiger partial charge in [-0.3, -0.25) is 19.9 Å². The fourth-order valence-corrected chi connectivity index (χ4v) is 3.66. The molecule has 1 aliphatic heterocycles. The van der Waals surface area contributed by atoms with E-state index in [2.05, 4.69) is 4.98 Å². The first-order chi connectivity index (χ1) is 15.0. The van der Waals surface area contributed by atoms with Crippen LogP contribution in [0.1, 0.15) is 31.1 Å². The second kappa shape index (κ2) is 7.70. The van der Waals surface area contributed by atoms with Gasteiger partial charge in [-0.1, -0.05) is 0 Å². The maximum atomic E-state index is 13.6. The number of pyridine rings is 1. The molecule has 1 aliphatic rings. The highest BCUT2D eigenvalue weighted by Gasteiger charge is 2.39. The Hall–Kier alpha value is -3.82. The van der Waals surface area contributed by atoms with Crippen molar-refractivity contribution in [2.45, 2.75) is 26.4 Å². The van der Waals surface area contributed by atoms with Gasteiger partial charge >= 0.3 is 6.09 Å². The minimum absolute atomic E-state index is 0.123. The zero-order valence-corrected chi connectivity index (χ0v) is 17.7. The second-order valence-electron chi connectivity index (χ2n) is 8.64. The topological polar surface area (TPSA) is 108 Å². The van der Waals surface area contributed by atoms with Crippen molar-refractivity contribution in [3.05, 3.63) is 64.4 Å². The predicted molar refractivity (Wildman–Crippen MR) is 113 cm³/mol. The number of hydrogen-bond acceptors (Lipinski definition) is 6. The first-order valence-electron chi connectivity index (χ1n) is 9.96. The number of amides is 1. The van der Waals surface area contributed by atoms with Gasteiger partial charge in [0.1, 0.15) is 17.1 Å². The molecule has 0 radical (unpaired) electrons. The van der Waals surface area contributed by atoms with Gasteiger partial charge in [-0.15, -0.1) is 0 Å². The lowest BCUT2D eigenvalue weighted by atomic mass is 9.91. The van der Waals surface area contributed by atoms with E-state index in [0.29, 0.717) is 16.5 Å². The Morgan fingerprint density at radius 2 is 1.97 bits per heavy atom. The molecule has 32 heavy (non-hydrogen) atoms. The van der Waals surface area contributed by atoms with Crippen LogP contribution in [0, 0.1) is 21.8 Å². The van der Waals surface area contributed by atoms with E-state index in [4.69, 9.17) is 4.74 Å². The van der Waals surface area contributed by atoms with Gasteiger partial charge < -0.3 is 14.2 Å². The summed E-state index contributed by atoms with van der Waals surface area (Å²) in [5, 5.41) is 12.0. The van der Waals surface area contributed by atoms with Gasteiger partial charge in [-0.05, 0) is 39.0 Å². The van der Waals surface area contributed by atoms with E-state index in [1.807, 2.05) is 0 Å². The highest BCUT2D eigenvalue weighted by atomic mass is 19.1. The van der Waals surface area contributed by atoms with Crippen LogP contribution in [0.2, 0.25) is 0 Å². The van der Waals surface area contributed by atoms with Crippen LogP contribution in [0.5, 0.6) is 0 Å². The number of carbonyl (C=O) groups excluding carboxylic acids is 2. The molecule has 1 aromatic carbocycles. The van der Waals surface area contributed by atoms with Gasteiger partial charge in [-0.2, -0.15) is 0 Å². The molecule has 0 bridgehead atoms. The van der Waals surface area contributed by atoms with E-state index >= 15 is 0 Å². The zero-order chi connectivity index (χ0) is 23.2. The number of benzene rings is 1. The number of halogens is 1. The van der Waals surface area contributed by atoms with Crippen LogP contribution < -0.4 is 0 Å². The van der Waals surface area contributed by atoms with Crippen LogP contribution >= 0.6 is 0 Å². The number of rotatable bonds is 4. The summed E-state index contributed by atoms with van der Waals surface area (Å²) in [7, 11) is 0. The standard InChI is InChI=1S/C22H21FN4O5/c1-22(2,3)32-21(29)25-10-13(11-25)20(28)16-12-26(19-9-24-7-6-15(16)19)17-5-4-14(23)8-18(17)27(30)31/h4-9,12-13H,10-11H2,1-3H3. The molecule has 9 nitrogen and oxygen atoms in total. The van der Waals surface area contributed by atoms with Crippen molar-refractivity contribution < 1.29 is 23.6 Å². The van der Waals surface area contributed by atoms with Crippen LogP contribution in [0.25, 0.3) is 16.6 Å². The first-order valence-corrected chi connectivity index (χ1v) is 9.96. The highest BCUT2D eigenvalue weighted by molar-refractivity contribution is 6.10. The number of ketones is 1. The molecule has 0 spiro atoms. The number of likely N-dealkylation sites (tertiary alicyclic amines) is 1. The Morgan fingerprint density at radius 3 is 2.62 bits per heavy atom. The van der Waals surface area contributed by atoms with Crippen LogP contribution in [0.4, 0.5) is 14.9 Å². The van der Waals surface area contributed by atoms with Gasteiger partial charge in [0, 0.05) is 36.4 Å². The maximum Gasteiger partial charge on any atom is 0.410 e. The van der Waals surface area contributed by atoms with Crippen molar-refractivity contribution >= 4 is 28.5 Å². The Balaban J connectivity index is 1.66. The molecular formula is C22H21FN4O5. The molecule has 1 amide bonds. The number of nitrogens with zero attached hydrogens (tertiary/aromatic N) is 4. The summed E-state index contributed by atoms with van der Waals surface area (Å²) in [5.41, 5.74) is -0.0955. The van der Waals surface area contributed by atoms with Crippen LogP contribution in [0.15, 0.2) is 42.9 Å². The van der Waals surface area contributed by atoms with Crippen molar-refractivity contribution in [3.63, 3.8) is 0 Å². The molecule has 0 unspecified atom stereocenters. The van der Waals surface area contributed by atoms with E-state index in [0.717, 1.165) is 12.1 Å². The van der Waals surface area contributed by atoms with E-state index in [1.165, 1.54) is 34.1 Å². The molecule has 10 heteroatoms. The minimum atomic E-state index is -0.733. The quantitative estimate of drug-likeness (QED) is 0.343. The Bertz CT molecular complexity index is 1240. The summed E-state index contributed by atoms with van der Waals surface area (Å²) in [6.45, 7) is 5.75. The Morgan fingerprint density at radius 1 is 1.25 bits per heavy atom. The Labute approximate surface area is 182 Å². The molecular weight excluding hydrogens is 419 g/mol. The molecule has 0 atom stereocenters. The summed E-state index contributed by atoms with van der Waals surface area (Å²) < 4.78 is 20.4. The van der Waals surface area contributed by atoms with Gasteiger partial charge in [0.05, 0.1) is 28.6 Å². The third kappa shape index (κ3) is 3.91. The molecule has 1 saturated heterocycles. The van der Waals surface area contributed by atoms with Gasteiger partial charge in [0.2, 0.25) is 0 Å². The summed E-state index contributed by atoms with van der Waals surface area (Å²) in [6.07, 6.45) is 4.05. The van der Waals surface area contributed by atoms with E-state index in [-0.39, 0.29) is 24.6 Å². The molecule has 3 aromatic rings. The third-order valence-electron chi connectivity index (χ3n) is 5.17. The van der Waals surface area contributed by atoms with E-state index in [9.17, 15) is 24.1 Å². The van der Waals surface area contributed by atoms with E-state index < -0.39 is 34.0 Å². The number of aromatic nitrogens is 2. The van der Waals surface area contributed by atoms with Crippen LogP contribution in [-0.4, -0.2) is 49.9 Å². The molecule has 1 fully saturated rings. The average Bonchev–Trinajstić information content (AvgIpc) is 3.05. The normalized spacial score (nSPS) is 14.3. The monoisotopic (exact) mass is 440 g/mol. The van der Waals surface area contributed by atoms with Crippen LogP contribution in [-0.2, 0) is 4.74 Å². The fraction of sp³-hybridized carbons (Fsp3) is 0.318. The zero-order valence-electron chi connectivity index (χ0n) is 17.7. The SMILES string of the molecule is CC(C)(C)OC(=O)N1CC(C(=O)c2cn(-c3ccc(F)cc3[N+](=O)[O-])c3cnccc23)C1. The number of nitro benzene ring substituents is 1. The van der Waals surface area contributed by atoms with Gasteiger partial charge in [-0.25, -0.2) is 9.18 Å². The first kappa shape index (κ1) is 21.4. The van der Waals surface area contributed by atoms with Gasteiger partial charge in [0.15, 0.2) is 5.78 Å². The van der Waals surface area contributed by atoms with Crippen molar-refractivity contribution in [2.24, 2.45) is 5.92 Å². The van der Waals surface area contributed by atoms with Crippen molar-refractivity contribution in [2.75, 3.05) is 13.1 Å². The molecule has 0 aliphatic carbocycles. The molecule has 0 saturated carbocycles. The molecule has 2 aromatic heterocycles. The number of ether oxygens (including phenoxy) is 1. The summed E-state index contributed by atoms with van der Waals surface area (Å²) in [5.74, 6) is -1.34. The number of Topliss-reactive ketones (excluding diaryl/α,β-unsaturated/α-hetero) is 1. The van der Waals surface area contributed by atoms with E-state index in [1.54, 1.807) is 26.8 Å². The average molecular weight is 440 g/mol. The smallest absolute Gasteiger partial charge is 0.410 e. The highest BCUT2D eigenvalue weighted by Crippen LogP contribution is 2.32. The Kier molecular flexibility index (Phi) is 5.15. The number of fused-ring (bicyclic) bond motifs is 1. The van der Waals surface area contributed by atoms with Crippen LogP contribution in [0.3, 0.4) is 0 Å². The number of nitro groups is 1. The maximum absolute atomic E-state index is 13.6. The largest absolute Gasteiger partial charge is 0.444 e. The number of carbonyl (C=O) groups is 2. The lowest BCUT2D eigenvalue weighted by molar-refractivity contribution is -0.384. The molecule has 166 valence electrons. The lowest BCUT2D eigenvalue weighted by Crippen LogP contribution is -2.54. The fourth-order valence-electron chi connectivity index (χ4n) is 3.66. The summed E-state index contributed by atoms with van der Waals surface area (Å²) in [4.78, 5) is 41.7.